The molecule has 0 unspecified atom stereocenters. The Morgan fingerprint density at radius 2 is 2.00 bits per heavy atom. The van der Waals surface area contributed by atoms with E-state index in [1.165, 1.54) is 4.57 Å². The van der Waals surface area contributed by atoms with E-state index in [4.69, 9.17) is 0 Å². The molecular weight excluding hydrogens is 268 g/mol. The molecule has 0 spiro atoms. The number of hydrogen-bond donors (Lipinski definition) is 1. The van der Waals surface area contributed by atoms with Gasteiger partial charge in [-0.15, -0.1) is 0 Å². The zero-order valence-electron chi connectivity index (χ0n) is 11.3. The van der Waals surface area contributed by atoms with Gasteiger partial charge in [0.1, 0.15) is 5.56 Å². The molecule has 0 aliphatic rings. The summed E-state index contributed by atoms with van der Waals surface area (Å²) in [6, 6.07) is 10.7. The summed E-state index contributed by atoms with van der Waals surface area (Å²) in [5, 5.41) is 10.00. The molecule has 1 aromatic carbocycles. The second kappa shape index (κ2) is 4.86. The van der Waals surface area contributed by atoms with E-state index in [0.29, 0.717) is 11.3 Å². The van der Waals surface area contributed by atoms with E-state index in [-0.39, 0.29) is 5.56 Å². The predicted octanol–water partition coefficient (Wildman–Crippen LogP) is 2.39. The number of fused-ring (bicyclic) bond motifs is 1. The van der Waals surface area contributed by atoms with Gasteiger partial charge in [0.25, 0.3) is 5.56 Å². The summed E-state index contributed by atoms with van der Waals surface area (Å²) in [5.41, 5.74) is 1.06. The minimum absolute atomic E-state index is 0.210. The van der Waals surface area contributed by atoms with E-state index in [1.807, 2.05) is 12.1 Å². The third-order valence-corrected chi connectivity index (χ3v) is 3.40. The Morgan fingerprint density at radius 1 is 1.19 bits per heavy atom. The van der Waals surface area contributed by atoms with Crippen molar-refractivity contribution in [1.82, 2.24) is 9.55 Å². The molecule has 0 atom stereocenters. The van der Waals surface area contributed by atoms with Crippen LogP contribution < -0.4 is 5.56 Å². The van der Waals surface area contributed by atoms with Crippen LogP contribution in [0.2, 0.25) is 0 Å². The van der Waals surface area contributed by atoms with Gasteiger partial charge < -0.3 is 5.11 Å². The van der Waals surface area contributed by atoms with Crippen molar-refractivity contribution in [2.45, 2.75) is 6.92 Å². The Balaban J connectivity index is 2.37. The zero-order chi connectivity index (χ0) is 15.0. The van der Waals surface area contributed by atoms with Crippen LogP contribution in [0.1, 0.15) is 15.9 Å². The van der Waals surface area contributed by atoms with Crippen LogP contribution in [0.15, 0.2) is 53.6 Å². The van der Waals surface area contributed by atoms with Crippen LogP contribution in [0.4, 0.5) is 0 Å². The van der Waals surface area contributed by atoms with Crippen molar-refractivity contribution in [3.8, 4) is 5.69 Å². The first-order chi connectivity index (χ1) is 10.1. The SMILES string of the molecule is Cc1ccn(-c2cccc3ncccc23)c(=O)c1C(=O)O. The van der Waals surface area contributed by atoms with Crippen LogP contribution >= 0.6 is 0 Å². The van der Waals surface area contributed by atoms with Gasteiger partial charge in [-0.2, -0.15) is 0 Å². The lowest BCUT2D eigenvalue weighted by Gasteiger charge is -2.11. The Morgan fingerprint density at radius 3 is 2.76 bits per heavy atom. The number of rotatable bonds is 2. The molecule has 0 saturated heterocycles. The lowest BCUT2D eigenvalue weighted by atomic mass is 10.1. The van der Waals surface area contributed by atoms with Crippen molar-refractivity contribution in [1.29, 1.82) is 0 Å². The molecule has 0 radical (unpaired) electrons. The number of aryl methyl sites for hydroxylation is 1. The molecular formula is C16H12N2O3. The van der Waals surface area contributed by atoms with Crippen LogP contribution in [0.25, 0.3) is 16.6 Å². The van der Waals surface area contributed by atoms with Crippen LogP contribution in [-0.2, 0) is 0 Å². The Kier molecular flexibility index (Phi) is 3.02. The Bertz CT molecular complexity index is 908. The highest BCUT2D eigenvalue weighted by molar-refractivity contribution is 5.90. The molecule has 104 valence electrons. The van der Waals surface area contributed by atoms with Crippen molar-refractivity contribution < 1.29 is 9.90 Å². The van der Waals surface area contributed by atoms with E-state index in [0.717, 1.165) is 10.9 Å². The van der Waals surface area contributed by atoms with Gasteiger partial charge in [0, 0.05) is 17.8 Å². The minimum atomic E-state index is -1.22. The Labute approximate surface area is 120 Å². The first kappa shape index (κ1) is 13.1. The molecule has 0 bridgehead atoms. The van der Waals surface area contributed by atoms with Gasteiger partial charge in [0.05, 0.1) is 11.2 Å². The molecule has 21 heavy (non-hydrogen) atoms. The van der Waals surface area contributed by atoms with Gasteiger partial charge in [0.15, 0.2) is 0 Å². The van der Waals surface area contributed by atoms with Crippen molar-refractivity contribution in [3.63, 3.8) is 0 Å². The largest absolute Gasteiger partial charge is 0.477 e. The van der Waals surface area contributed by atoms with Gasteiger partial charge in [-0.05, 0) is 42.8 Å². The molecule has 1 N–H and O–H groups in total. The summed E-state index contributed by atoms with van der Waals surface area (Å²) >= 11 is 0. The lowest BCUT2D eigenvalue weighted by molar-refractivity contribution is 0.0694. The van der Waals surface area contributed by atoms with Crippen LogP contribution in [0.5, 0.6) is 0 Å². The normalized spacial score (nSPS) is 10.7. The maximum absolute atomic E-state index is 12.4. The number of aromatic nitrogens is 2. The Hall–Kier alpha value is -2.95. The van der Waals surface area contributed by atoms with Crippen molar-refractivity contribution >= 4 is 16.9 Å². The molecule has 0 saturated carbocycles. The third-order valence-electron chi connectivity index (χ3n) is 3.40. The van der Waals surface area contributed by atoms with E-state index < -0.39 is 11.5 Å². The lowest BCUT2D eigenvalue weighted by Crippen LogP contribution is -2.26. The maximum Gasteiger partial charge on any atom is 0.341 e. The van der Waals surface area contributed by atoms with Crippen LogP contribution in [-0.4, -0.2) is 20.6 Å². The number of carboxylic acid groups (broad SMARTS) is 1. The summed E-state index contributed by atoms with van der Waals surface area (Å²) in [6.45, 7) is 1.61. The number of carboxylic acids is 1. The van der Waals surface area contributed by atoms with Gasteiger partial charge in [-0.25, -0.2) is 4.79 Å². The van der Waals surface area contributed by atoms with Crippen LogP contribution in [0, 0.1) is 6.92 Å². The minimum Gasteiger partial charge on any atom is -0.477 e. The summed E-state index contributed by atoms with van der Waals surface area (Å²) in [5.74, 6) is -1.22. The molecule has 5 nitrogen and oxygen atoms in total. The van der Waals surface area contributed by atoms with Gasteiger partial charge in [0.2, 0.25) is 0 Å². The highest BCUT2D eigenvalue weighted by Crippen LogP contribution is 2.19. The molecule has 2 heterocycles. The molecule has 0 fully saturated rings. The topological polar surface area (TPSA) is 72.2 Å². The van der Waals surface area contributed by atoms with E-state index in [9.17, 15) is 14.7 Å². The fourth-order valence-electron chi connectivity index (χ4n) is 2.37. The van der Waals surface area contributed by atoms with Crippen molar-refractivity contribution in [2.75, 3.05) is 0 Å². The predicted molar refractivity (Wildman–Crippen MR) is 79.0 cm³/mol. The second-order valence-corrected chi connectivity index (χ2v) is 4.70. The maximum atomic E-state index is 12.4. The number of benzene rings is 1. The average molecular weight is 280 g/mol. The molecule has 2 aromatic heterocycles. The summed E-state index contributed by atoms with van der Waals surface area (Å²) in [7, 11) is 0. The summed E-state index contributed by atoms with van der Waals surface area (Å²) < 4.78 is 1.35. The highest BCUT2D eigenvalue weighted by Gasteiger charge is 2.16. The standard InChI is InChI=1S/C16H12N2O3/c1-10-7-9-18(15(19)14(10)16(20)21)13-6-2-5-12-11(13)4-3-8-17-12/h2-9H,1H3,(H,20,21). The monoisotopic (exact) mass is 280 g/mol. The third kappa shape index (κ3) is 2.08. The number of carbonyl (C=O) groups is 1. The molecule has 0 aliphatic carbocycles. The quantitative estimate of drug-likeness (QED) is 0.782. The highest BCUT2D eigenvalue weighted by atomic mass is 16.4. The molecule has 3 aromatic rings. The van der Waals surface area contributed by atoms with Crippen molar-refractivity contribution in [3.05, 3.63) is 70.3 Å². The smallest absolute Gasteiger partial charge is 0.341 e. The first-order valence-electron chi connectivity index (χ1n) is 6.39. The average Bonchev–Trinajstić information content (AvgIpc) is 2.47. The van der Waals surface area contributed by atoms with Crippen molar-refractivity contribution in [2.24, 2.45) is 0 Å². The zero-order valence-corrected chi connectivity index (χ0v) is 11.3. The fourth-order valence-corrected chi connectivity index (χ4v) is 2.37. The summed E-state index contributed by atoms with van der Waals surface area (Å²) in [6.07, 6.45) is 3.26. The van der Waals surface area contributed by atoms with Gasteiger partial charge in [-0.1, -0.05) is 6.07 Å². The van der Waals surface area contributed by atoms with Crippen LogP contribution in [0.3, 0.4) is 0 Å². The number of nitrogens with zero attached hydrogens (tertiary/aromatic N) is 2. The van der Waals surface area contributed by atoms with Gasteiger partial charge in [-0.3, -0.25) is 14.3 Å². The molecule has 5 heteroatoms. The molecule has 3 rings (SSSR count). The number of hydrogen-bond acceptors (Lipinski definition) is 3. The fraction of sp³-hybridized carbons (Fsp3) is 0.0625. The van der Waals surface area contributed by atoms with E-state index in [2.05, 4.69) is 4.98 Å². The number of aromatic carboxylic acids is 1. The molecule has 0 amide bonds. The molecule has 0 aliphatic heterocycles. The summed E-state index contributed by atoms with van der Waals surface area (Å²) in [4.78, 5) is 27.9. The first-order valence-corrected chi connectivity index (χ1v) is 6.39. The van der Waals surface area contributed by atoms with E-state index >= 15 is 0 Å². The number of pyridine rings is 2. The van der Waals surface area contributed by atoms with E-state index in [1.54, 1.807) is 43.6 Å². The van der Waals surface area contributed by atoms with Gasteiger partial charge >= 0.3 is 5.97 Å². The second-order valence-electron chi connectivity index (χ2n) is 4.70.